The number of rotatable bonds is 11. The van der Waals surface area contributed by atoms with Gasteiger partial charge in [0.25, 0.3) is 0 Å². The number of benzene rings is 2. The standard InChI is InChI=1S/C37H45F3N8O3/c1-3-36(49)44-30-21-31(33(50-2)22-32(30)47-13-10-28(11-14-47)46-17-15-45(16-18-46)27-8-9-27)43-34-23-35(42-24-41-34)48-29(12-19-51-48)20-25-4-6-26(7-5-25)37(38,39)40/h3-7,21-24,27-29H,1,8-20H2,2H3,(H,44,49)(H,41,42,43). The first-order valence-electron chi connectivity index (χ1n) is 17.7. The number of carbonyl (C=O) groups excluding carboxylic acids is 1. The molecule has 3 aromatic rings. The van der Waals surface area contributed by atoms with Gasteiger partial charge in [0.05, 0.1) is 42.4 Å². The normalized spacial score (nSPS) is 20.7. The quantitative estimate of drug-likeness (QED) is 0.236. The number of piperidine rings is 1. The van der Waals surface area contributed by atoms with Crippen LogP contribution in [0.1, 0.15) is 43.2 Å². The fourth-order valence-corrected chi connectivity index (χ4v) is 7.48. The van der Waals surface area contributed by atoms with Crippen LogP contribution in [0.4, 0.5) is 41.9 Å². The molecule has 3 aliphatic heterocycles. The van der Waals surface area contributed by atoms with Crippen LogP contribution in [0.2, 0.25) is 0 Å². The van der Waals surface area contributed by atoms with E-state index in [2.05, 4.69) is 41.9 Å². The van der Waals surface area contributed by atoms with E-state index in [1.807, 2.05) is 12.1 Å². The van der Waals surface area contributed by atoms with Crippen molar-refractivity contribution < 1.29 is 27.5 Å². The van der Waals surface area contributed by atoms with Crippen LogP contribution in [0.25, 0.3) is 0 Å². The van der Waals surface area contributed by atoms with Gasteiger partial charge in [0.2, 0.25) is 5.91 Å². The largest absolute Gasteiger partial charge is 0.494 e. The number of hydrogen-bond donors (Lipinski definition) is 2. The molecule has 4 aliphatic rings. The number of aromatic nitrogens is 2. The monoisotopic (exact) mass is 706 g/mol. The third-order valence-electron chi connectivity index (χ3n) is 10.4. The van der Waals surface area contributed by atoms with Gasteiger partial charge in [-0.2, -0.15) is 13.2 Å². The summed E-state index contributed by atoms with van der Waals surface area (Å²) in [7, 11) is 1.61. The number of piperazine rings is 1. The number of nitrogens with one attached hydrogen (secondary N) is 2. The van der Waals surface area contributed by atoms with Gasteiger partial charge in [-0.3, -0.25) is 19.4 Å². The average molecular weight is 707 g/mol. The van der Waals surface area contributed by atoms with Crippen molar-refractivity contribution in [2.45, 2.75) is 62.8 Å². The van der Waals surface area contributed by atoms with Crippen LogP contribution in [0.3, 0.4) is 0 Å². The van der Waals surface area contributed by atoms with E-state index in [0.29, 0.717) is 54.3 Å². The summed E-state index contributed by atoms with van der Waals surface area (Å²) >= 11 is 0. The van der Waals surface area contributed by atoms with Crippen LogP contribution in [0, 0.1) is 0 Å². The van der Waals surface area contributed by atoms with Crippen LogP contribution in [0.5, 0.6) is 5.75 Å². The zero-order valence-corrected chi connectivity index (χ0v) is 28.9. The lowest BCUT2D eigenvalue weighted by molar-refractivity contribution is -0.137. The number of carbonyl (C=O) groups is 1. The summed E-state index contributed by atoms with van der Waals surface area (Å²) < 4.78 is 45.0. The van der Waals surface area contributed by atoms with Gasteiger partial charge in [0, 0.05) is 63.5 Å². The van der Waals surface area contributed by atoms with Crippen LogP contribution in [-0.4, -0.2) is 96.8 Å². The summed E-state index contributed by atoms with van der Waals surface area (Å²) in [6.07, 6.45) is 4.26. The van der Waals surface area contributed by atoms with Gasteiger partial charge in [0.1, 0.15) is 17.9 Å². The molecular formula is C37H45F3N8O3. The van der Waals surface area contributed by atoms with E-state index < -0.39 is 11.7 Å². The highest BCUT2D eigenvalue weighted by atomic mass is 19.4. The van der Waals surface area contributed by atoms with Crippen molar-refractivity contribution in [2.24, 2.45) is 0 Å². The molecule has 1 atom stereocenters. The molecule has 1 saturated carbocycles. The van der Waals surface area contributed by atoms with Crippen LogP contribution in [0.15, 0.2) is 61.4 Å². The Hall–Kier alpha value is -4.40. The Morgan fingerprint density at radius 3 is 2.25 bits per heavy atom. The van der Waals surface area contributed by atoms with Crippen molar-refractivity contribution in [1.29, 1.82) is 0 Å². The van der Waals surface area contributed by atoms with E-state index in [1.54, 1.807) is 18.2 Å². The first kappa shape index (κ1) is 35.0. The van der Waals surface area contributed by atoms with E-state index in [4.69, 9.17) is 9.57 Å². The Balaban J connectivity index is 1.05. The minimum absolute atomic E-state index is 0.129. The Bertz CT molecular complexity index is 1690. The zero-order valence-electron chi connectivity index (χ0n) is 28.9. The average Bonchev–Trinajstić information content (AvgIpc) is 3.90. The van der Waals surface area contributed by atoms with E-state index in [9.17, 15) is 18.0 Å². The van der Waals surface area contributed by atoms with Gasteiger partial charge >= 0.3 is 6.18 Å². The molecule has 1 amide bonds. The molecule has 11 nitrogen and oxygen atoms in total. The van der Waals surface area contributed by atoms with Crippen molar-refractivity contribution >= 4 is 34.6 Å². The fourth-order valence-electron chi connectivity index (χ4n) is 7.48. The molecule has 2 aromatic carbocycles. The van der Waals surface area contributed by atoms with E-state index in [0.717, 1.165) is 81.5 Å². The van der Waals surface area contributed by atoms with Crippen LogP contribution < -0.4 is 25.3 Å². The number of hydrogen-bond acceptors (Lipinski definition) is 10. The molecule has 2 N–H and O–H groups in total. The number of ether oxygens (including phenoxy) is 1. The zero-order chi connectivity index (χ0) is 35.5. The number of alkyl halides is 3. The molecule has 4 heterocycles. The smallest absolute Gasteiger partial charge is 0.416 e. The van der Waals surface area contributed by atoms with Crippen molar-refractivity contribution in [3.05, 3.63) is 72.6 Å². The van der Waals surface area contributed by atoms with E-state index in [1.165, 1.54) is 37.4 Å². The van der Waals surface area contributed by atoms with Crippen molar-refractivity contribution in [2.75, 3.05) is 73.6 Å². The molecular weight excluding hydrogens is 661 g/mol. The second-order valence-corrected chi connectivity index (χ2v) is 13.7. The van der Waals surface area contributed by atoms with Gasteiger partial charge in [-0.25, -0.2) is 15.0 Å². The maximum absolute atomic E-state index is 13.1. The number of halogens is 3. The maximum atomic E-state index is 13.1. The summed E-state index contributed by atoms with van der Waals surface area (Å²) in [6.45, 7) is 10.4. The Morgan fingerprint density at radius 1 is 0.941 bits per heavy atom. The highest BCUT2D eigenvalue weighted by molar-refractivity contribution is 6.02. The fraction of sp³-hybridized carbons (Fsp3) is 0.486. The number of amides is 1. The Morgan fingerprint density at radius 2 is 1.63 bits per heavy atom. The Labute approximate surface area is 296 Å². The van der Waals surface area contributed by atoms with Crippen molar-refractivity contribution in [3.8, 4) is 5.75 Å². The summed E-state index contributed by atoms with van der Waals surface area (Å²) in [5.74, 6) is 1.25. The van der Waals surface area contributed by atoms with Crippen LogP contribution >= 0.6 is 0 Å². The molecule has 14 heteroatoms. The van der Waals surface area contributed by atoms with Crippen molar-refractivity contribution in [3.63, 3.8) is 0 Å². The molecule has 3 saturated heterocycles. The number of anilines is 5. The third kappa shape index (κ3) is 8.23. The second kappa shape index (κ2) is 15.1. The molecule has 1 aliphatic carbocycles. The molecule has 1 unspecified atom stereocenters. The third-order valence-corrected chi connectivity index (χ3v) is 10.4. The Kier molecular flexibility index (Phi) is 10.3. The topological polar surface area (TPSA) is 98.3 Å². The summed E-state index contributed by atoms with van der Waals surface area (Å²) in [6, 6.07) is 12.0. The molecule has 0 spiro atoms. The predicted molar refractivity (Wildman–Crippen MR) is 191 cm³/mol. The molecule has 0 bridgehead atoms. The number of methoxy groups -OCH3 is 1. The number of hydroxylamine groups is 1. The maximum Gasteiger partial charge on any atom is 0.416 e. The second-order valence-electron chi connectivity index (χ2n) is 13.7. The van der Waals surface area contributed by atoms with Crippen LogP contribution in [-0.2, 0) is 22.2 Å². The lowest BCUT2D eigenvalue weighted by atomic mass is 10.0. The molecule has 7 rings (SSSR count). The minimum Gasteiger partial charge on any atom is -0.494 e. The first-order valence-corrected chi connectivity index (χ1v) is 17.7. The molecule has 1 aromatic heterocycles. The van der Waals surface area contributed by atoms with E-state index in [-0.39, 0.29) is 11.9 Å². The van der Waals surface area contributed by atoms with E-state index >= 15 is 0 Å². The highest BCUT2D eigenvalue weighted by Crippen LogP contribution is 2.40. The van der Waals surface area contributed by atoms with Gasteiger partial charge < -0.3 is 20.3 Å². The van der Waals surface area contributed by atoms with Gasteiger partial charge in [-0.05, 0) is 68.4 Å². The predicted octanol–water partition coefficient (Wildman–Crippen LogP) is 5.87. The van der Waals surface area contributed by atoms with Gasteiger partial charge in [0.15, 0.2) is 5.82 Å². The summed E-state index contributed by atoms with van der Waals surface area (Å²) in [5.41, 5.74) is 2.20. The number of nitrogens with zero attached hydrogens (tertiary/aromatic N) is 6. The molecule has 4 fully saturated rings. The lowest BCUT2D eigenvalue weighted by Gasteiger charge is -2.43. The van der Waals surface area contributed by atoms with Gasteiger partial charge in [-0.15, -0.1) is 0 Å². The summed E-state index contributed by atoms with van der Waals surface area (Å²) in [5, 5.41) is 8.01. The lowest BCUT2D eigenvalue weighted by Crippen LogP contribution is -2.53. The highest BCUT2D eigenvalue weighted by Gasteiger charge is 2.35. The first-order chi connectivity index (χ1) is 24.7. The summed E-state index contributed by atoms with van der Waals surface area (Å²) in [4.78, 5) is 35.0. The molecule has 51 heavy (non-hydrogen) atoms. The minimum atomic E-state index is -4.38. The van der Waals surface area contributed by atoms with Crippen molar-refractivity contribution in [1.82, 2.24) is 19.8 Å². The molecule has 0 radical (unpaired) electrons. The SMILES string of the molecule is C=CC(=O)Nc1cc(Nc2cc(N3OCCC3Cc3ccc(C(F)(F)F)cc3)ncn2)c(OC)cc1N1CCC(N2CCN(C3CC3)CC2)CC1. The van der Waals surface area contributed by atoms with Gasteiger partial charge in [-0.1, -0.05) is 18.7 Å². The molecule has 272 valence electrons.